The number of rotatable bonds is 15. The highest BCUT2D eigenvalue weighted by molar-refractivity contribution is 6.08. The second kappa shape index (κ2) is 13.3. The number of aromatic nitrogens is 1. The molecule has 1 unspecified atom stereocenters. The normalized spacial score (nSPS) is 15.8. The maximum atomic E-state index is 13.6. The lowest BCUT2D eigenvalue weighted by Gasteiger charge is -2.28. The largest absolute Gasteiger partial charge is 0.481 e. The van der Waals surface area contributed by atoms with Gasteiger partial charge in [-0.3, -0.25) is 9.59 Å². The Hall–Kier alpha value is -4.06. The third kappa shape index (κ3) is 6.53. The van der Waals surface area contributed by atoms with Gasteiger partial charge in [0.2, 0.25) is 0 Å². The summed E-state index contributed by atoms with van der Waals surface area (Å²) in [6, 6.07) is 22.2. The topological polar surface area (TPSA) is 77.8 Å². The zero-order chi connectivity index (χ0) is 29.5. The summed E-state index contributed by atoms with van der Waals surface area (Å²) in [5.74, 6) is -0.297. The van der Waals surface area contributed by atoms with Gasteiger partial charge in [-0.2, -0.15) is 0 Å². The number of hydrogen-bond donors (Lipinski definition) is 1. The fraction of sp³-hybridized carbons (Fsp3) is 0.389. The Morgan fingerprint density at radius 1 is 0.833 bits per heavy atom. The van der Waals surface area contributed by atoms with Gasteiger partial charge in [0.25, 0.3) is 5.79 Å². The number of para-hydroxylation sites is 1. The maximum Gasteiger partial charge on any atom is 0.303 e. The van der Waals surface area contributed by atoms with Gasteiger partial charge in [-0.25, -0.2) is 0 Å². The summed E-state index contributed by atoms with van der Waals surface area (Å²) in [5, 5.41) is 9.92. The van der Waals surface area contributed by atoms with Crippen LogP contribution < -0.4 is 9.47 Å². The molecule has 0 bridgehead atoms. The Morgan fingerprint density at radius 2 is 1.60 bits per heavy atom. The smallest absolute Gasteiger partial charge is 0.303 e. The molecule has 5 rings (SSSR count). The second-order valence-corrected chi connectivity index (χ2v) is 11.3. The predicted molar refractivity (Wildman–Crippen MR) is 165 cm³/mol. The summed E-state index contributed by atoms with van der Waals surface area (Å²) in [4.78, 5) is 24.6. The van der Waals surface area contributed by atoms with Crippen LogP contribution in [0.4, 0.5) is 0 Å². The molecule has 0 radical (unpaired) electrons. The van der Waals surface area contributed by atoms with E-state index in [2.05, 4.69) is 38.1 Å². The van der Waals surface area contributed by atoms with Crippen molar-refractivity contribution in [2.45, 2.75) is 90.4 Å². The summed E-state index contributed by atoms with van der Waals surface area (Å²) in [6.07, 6.45) is 10.1. The first-order valence-electron chi connectivity index (χ1n) is 15.4. The van der Waals surface area contributed by atoms with Crippen LogP contribution in [0, 0.1) is 0 Å². The van der Waals surface area contributed by atoms with Gasteiger partial charge < -0.3 is 19.1 Å². The summed E-state index contributed by atoms with van der Waals surface area (Å²) in [7, 11) is 0. The molecule has 0 saturated carbocycles. The van der Waals surface area contributed by atoms with Crippen LogP contribution in [0.3, 0.4) is 0 Å². The molecule has 42 heavy (non-hydrogen) atoms. The summed E-state index contributed by atoms with van der Waals surface area (Å²) in [5.41, 5.74) is 4.78. The van der Waals surface area contributed by atoms with Crippen LogP contribution in [0.25, 0.3) is 10.9 Å². The van der Waals surface area contributed by atoms with Crippen molar-refractivity contribution in [2.24, 2.45) is 0 Å². The molecular formula is C36H41NO5. The van der Waals surface area contributed by atoms with E-state index in [1.165, 1.54) is 18.4 Å². The fourth-order valence-electron chi connectivity index (χ4n) is 5.90. The van der Waals surface area contributed by atoms with Crippen molar-refractivity contribution in [1.82, 2.24) is 4.57 Å². The van der Waals surface area contributed by atoms with Crippen LogP contribution in [0.1, 0.15) is 92.3 Å². The Labute approximate surface area is 248 Å². The van der Waals surface area contributed by atoms with E-state index in [9.17, 15) is 9.59 Å². The Balaban J connectivity index is 1.36. The molecule has 6 nitrogen and oxygen atoms in total. The third-order valence-electron chi connectivity index (χ3n) is 8.09. The number of benzene rings is 3. The van der Waals surface area contributed by atoms with Gasteiger partial charge >= 0.3 is 5.97 Å². The zero-order valence-electron chi connectivity index (χ0n) is 24.7. The Kier molecular flexibility index (Phi) is 9.31. The van der Waals surface area contributed by atoms with Crippen molar-refractivity contribution in [3.8, 4) is 11.5 Å². The van der Waals surface area contributed by atoms with Crippen LogP contribution >= 0.6 is 0 Å². The molecule has 220 valence electrons. The van der Waals surface area contributed by atoms with E-state index in [0.29, 0.717) is 30.0 Å². The van der Waals surface area contributed by atoms with Gasteiger partial charge in [-0.1, -0.05) is 88.1 Å². The monoisotopic (exact) mass is 567 g/mol. The van der Waals surface area contributed by atoms with Gasteiger partial charge in [-0.15, -0.1) is 0 Å². The lowest BCUT2D eigenvalue weighted by atomic mass is 9.97. The number of nitrogens with zero attached hydrogens (tertiary/aromatic N) is 1. The van der Waals surface area contributed by atoms with Crippen molar-refractivity contribution in [3.63, 3.8) is 0 Å². The number of ether oxygens (including phenoxy) is 2. The van der Waals surface area contributed by atoms with Gasteiger partial charge in [0.15, 0.2) is 17.3 Å². The molecule has 2 heterocycles. The number of ketones is 1. The van der Waals surface area contributed by atoms with E-state index < -0.39 is 11.8 Å². The standard InChI is InChI=1S/C36H41NO5/c1-3-5-6-9-21-36(28-18-15-26(11-4-2)16-19-28)41-33-20-17-27(24-34(33)42-36)23-32(38)30-25-37(22-10-14-35(39)40)31-13-8-7-12-29(30)31/h7-8,12-13,15-20,24-25H,3-6,9-11,14,21-23H2,1-2H3,(H,39,40). The Bertz CT molecular complexity index is 1540. The second-order valence-electron chi connectivity index (χ2n) is 11.3. The summed E-state index contributed by atoms with van der Waals surface area (Å²) in [6.45, 7) is 4.94. The highest BCUT2D eigenvalue weighted by Gasteiger charge is 2.43. The van der Waals surface area contributed by atoms with E-state index in [1.807, 2.05) is 53.2 Å². The molecular weight excluding hydrogens is 526 g/mol. The molecule has 4 aromatic rings. The van der Waals surface area contributed by atoms with E-state index >= 15 is 0 Å². The molecule has 3 aromatic carbocycles. The molecule has 1 aliphatic heterocycles. The van der Waals surface area contributed by atoms with Crippen LogP contribution in [0.2, 0.25) is 0 Å². The first kappa shape index (κ1) is 29.4. The molecule has 0 amide bonds. The molecule has 1 atom stereocenters. The van der Waals surface area contributed by atoms with E-state index in [0.717, 1.165) is 54.1 Å². The van der Waals surface area contributed by atoms with Crippen LogP contribution in [0.5, 0.6) is 11.5 Å². The molecule has 0 fully saturated rings. The summed E-state index contributed by atoms with van der Waals surface area (Å²) < 4.78 is 15.2. The van der Waals surface area contributed by atoms with Crippen molar-refractivity contribution in [3.05, 3.63) is 95.2 Å². The van der Waals surface area contributed by atoms with E-state index in [1.54, 1.807) is 0 Å². The highest BCUT2D eigenvalue weighted by atomic mass is 16.7. The lowest BCUT2D eigenvalue weighted by molar-refractivity contribution is -0.137. The first-order valence-corrected chi connectivity index (χ1v) is 15.4. The number of Topliss-reactive ketones (excluding diaryl/α,β-unsaturated/α-hetero) is 1. The fourth-order valence-corrected chi connectivity index (χ4v) is 5.90. The predicted octanol–water partition coefficient (Wildman–Crippen LogP) is 8.48. The van der Waals surface area contributed by atoms with Crippen LogP contribution in [0.15, 0.2) is 72.9 Å². The number of carboxylic acids is 1. The maximum absolute atomic E-state index is 13.6. The van der Waals surface area contributed by atoms with Gasteiger partial charge in [0.1, 0.15) is 0 Å². The van der Waals surface area contributed by atoms with Crippen molar-refractivity contribution < 1.29 is 24.2 Å². The number of carbonyl (C=O) groups is 2. The number of carboxylic acid groups (broad SMARTS) is 1. The van der Waals surface area contributed by atoms with Gasteiger partial charge in [0, 0.05) is 54.0 Å². The highest BCUT2D eigenvalue weighted by Crippen LogP contribution is 2.47. The number of aryl methyl sites for hydroxylation is 2. The van der Waals surface area contributed by atoms with Crippen molar-refractivity contribution in [1.29, 1.82) is 0 Å². The average molecular weight is 568 g/mol. The molecule has 0 aliphatic carbocycles. The third-order valence-corrected chi connectivity index (χ3v) is 8.09. The Morgan fingerprint density at radius 3 is 2.36 bits per heavy atom. The molecule has 1 aliphatic rings. The molecule has 1 aromatic heterocycles. The minimum atomic E-state index is -0.868. The van der Waals surface area contributed by atoms with Crippen molar-refractivity contribution in [2.75, 3.05) is 0 Å². The average Bonchev–Trinajstić information content (AvgIpc) is 3.55. The number of fused-ring (bicyclic) bond motifs is 2. The number of carbonyl (C=O) groups excluding carboxylic acids is 1. The summed E-state index contributed by atoms with van der Waals surface area (Å²) >= 11 is 0. The minimum absolute atomic E-state index is 0.0133. The van der Waals surface area contributed by atoms with Crippen molar-refractivity contribution >= 4 is 22.7 Å². The number of aliphatic carboxylic acids is 1. The van der Waals surface area contributed by atoms with Crippen LogP contribution in [-0.4, -0.2) is 21.4 Å². The first-order chi connectivity index (χ1) is 20.4. The van der Waals surface area contributed by atoms with Gasteiger partial charge in [-0.05, 0) is 48.6 Å². The quantitative estimate of drug-likeness (QED) is 0.115. The van der Waals surface area contributed by atoms with Gasteiger partial charge in [0.05, 0.1) is 0 Å². The lowest BCUT2D eigenvalue weighted by Crippen LogP contribution is -2.35. The van der Waals surface area contributed by atoms with E-state index in [-0.39, 0.29) is 18.6 Å². The SMILES string of the molecule is CCCCCCC1(c2ccc(CCC)cc2)Oc2ccc(CC(=O)c3cn(CCCC(=O)O)c4ccccc34)cc2O1. The van der Waals surface area contributed by atoms with Crippen LogP contribution in [-0.2, 0) is 30.0 Å². The molecule has 1 N–H and O–H groups in total. The zero-order valence-corrected chi connectivity index (χ0v) is 24.7. The molecule has 0 spiro atoms. The number of unbranched alkanes of at least 4 members (excludes halogenated alkanes) is 3. The molecule has 6 heteroatoms. The minimum Gasteiger partial charge on any atom is -0.481 e. The van der Waals surface area contributed by atoms with E-state index in [4.69, 9.17) is 14.6 Å². The molecule has 0 saturated heterocycles. The number of hydrogen-bond acceptors (Lipinski definition) is 4.